The number of aryl methyl sites for hydroxylation is 3. The van der Waals surface area contributed by atoms with Crippen molar-refractivity contribution < 1.29 is 4.79 Å². The molecular weight excluding hydrogens is 338 g/mol. The molecule has 2 aromatic heterocycles. The number of nitrogens with zero attached hydrogens (tertiary/aromatic N) is 2. The smallest absolute Gasteiger partial charge is 0.253 e. The van der Waals surface area contributed by atoms with Crippen LogP contribution in [-0.4, -0.2) is 15.5 Å². The first kappa shape index (κ1) is 17.2. The maximum Gasteiger partial charge on any atom is 0.253 e. The summed E-state index contributed by atoms with van der Waals surface area (Å²) in [6.45, 7) is 1.84. The second kappa shape index (κ2) is 6.83. The molecule has 1 aromatic carbocycles. The third-order valence-electron chi connectivity index (χ3n) is 5.00. The summed E-state index contributed by atoms with van der Waals surface area (Å²) < 4.78 is 1.62. The minimum Gasteiger partial charge on any atom is -0.326 e. The molecule has 0 fully saturated rings. The van der Waals surface area contributed by atoms with Gasteiger partial charge in [0.2, 0.25) is 5.91 Å². The van der Waals surface area contributed by atoms with E-state index in [1.165, 1.54) is 0 Å². The van der Waals surface area contributed by atoms with Crippen LogP contribution in [0.25, 0.3) is 11.1 Å². The third kappa shape index (κ3) is 3.40. The first-order valence-electron chi connectivity index (χ1n) is 9.04. The minimum absolute atomic E-state index is 0.00949. The van der Waals surface area contributed by atoms with Crippen molar-refractivity contribution in [2.75, 3.05) is 5.32 Å². The Morgan fingerprint density at radius 2 is 2.00 bits per heavy atom. The number of carbonyl (C=O) groups excluding carboxylic acids is 1. The van der Waals surface area contributed by atoms with Crippen LogP contribution in [0.3, 0.4) is 0 Å². The molecule has 1 amide bonds. The normalized spacial score (nSPS) is 13.2. The van der Waals surface area contributed by atoms with E-state index in [2.05, 4.69) is 22.4 Å². The molecule has 1 aliphatic rings. The number of amides is 1. The summed E-state index contributed by atoms with van der Waals surface area (Å²) in [7, 11) is 1.77. The van der Waals surface area contributed by atoms with Crippen LogP contribution < -0.4 is 10.9 Å². The fourth-order valence-electron chi connectivity index (χ4n) is 3.61. The van der Waals surface area contributed by atoms with Gasteiger partial charge in [-0.1, -0.05) is 6.07 Å². The summed E-state index contributed by atoms with van der Waals surface area (Å²) in [5.41, 5.74) is 6.84. The van der Waals surface area contributed by atoms with Crippen LogP contribution in [0.15, 0.2) is 53.6 Å². The molecule has 0 aliphatic carbocycles. The number of hydrogen-bond donors (Lipinski definition) is 1. The molecule has 136 valence electrons. The molecule has 1 aliphatic heterocycles. The summed E-state index contributed by atoms with van der Waals surface area (Å²) in [4.78, 5) is 28.4. The number of nitrogens with one attached hydrogen (secondary N) is 1. The Kier molecular flexibility index (Phi) is 4.36. The monoisotopic (exact) mass is 359 g/mol. The Balaban J connectivity index is 1.88. The molecule has 4 rings (SSSR count). The number of pyridine rings is 2. The lowest BCUT2D eigenvalue weighted by Crippen LogP contribution is -2.20. The number of anilines is 1. The second-order valence-electron chi connectivity index (χ2n) is 7.04. The molecule has 0 saturated carbocycles. The van der Waals surface area contributed by atoms with Gasteiger partial charge < -0.3 is 9.88 Å². The van der Waals surface area contributed by atoms with E-state index in [1.54, 1.807) is 17.8 Å². The fourth-order valence-corrected chi connectivity index (χ4v) is 3.61. The van der Waals surface area contributed by atoms with Gasteiger partial charge in [-0.3, -0.25) is 14.6 Å². The summed E-state index contributed by atoms with van der Waals surface area (Å²) in [5.74, 6) is 0.0528. The van der Waals surface area contributed by atoms with E-state index < -0.39 is 0 Å². The molecule has 1 N–H and O–H groups in total. The van der Waals surface area contributed by atoms with Gasteiger partial charge in [0.05, 0.1) is 0 Å². The van der Waals surface area contributed by atoms with Crippen LogP contribution in [0.4, 0.5) is 5.69 Å². The van der Waals surface area contributed by atoms with Gasteiger partial charge in [0.15, 0.2) is 0 Å². The standard InChI is InChI=1S/C22H21N3O2/c1-14-9-17(13-25(2)22(14)27)19-11-15-6-7-21(26)24-20(15)12-16(19)10-18-5-3-4-8-23-18/h3-5,8-9,11-13H,6-7,10H2,1-2H3,(H,24,26). The van der Waals surface area contributed by atoms with Crippen molar-refractivity contribution in [3.63, 3.8) is 0 Å². The van der Waals surface area contributed by atoms with Crippen molar-refractivity contribution in [1.29, 1.82) is 0 Å². The molecule has 27 heavy (non-hydrogen) atoms. The topological polar surface area (TPSA) is 64.0 Å². The van der Waals surface area contributed by atoms with Gasteiger partial charge in [-0.2, -0.15) is 0 Å². The summed E-state index contributed by atoms with van der Waals surface area (Å²) in [6, 6.07) is 12.0. The second-order valence-corrected chi connectivity index (χ2v) is 7.04. The Hall–Kier alpha value is -3.21. The van der Waals surface area contributed by atoms with Crippen molar-refractivity contribution in [3.8, 4) is 11.1 Å². The van der Waals surface area contributed by atoms with E-state index >= 15 is 0 Å². The van der Waals surface area contributed by atoms with E-state index in [4.69, 9.17) is 0 Å². The zero-order chi connectivity index (χ0) is 19.0. The molecule has 5 nitrogen and oxygen atoms in total. The number of carbonyl (C=O) groups is 1. The van der Waals surface area contributed by atoms with Gasteiger partial charge in [0.25, 0.3) is 5.56 Å². The van der Waals surface area contributed by atoms with Gasteiger partial charge in [-0.25, -0.2) is 0 Å². The zero-order valence-corrected chi connectivity index (χ0v) is 15.5. The third-order valence-corrected chi connectivity index (χ3v) is 5.00. The molecule has 0 spiro atoms. The Morgan fingerprint density at radius 1 is 1.15 bits per heavy atom. The summed E-state index contributed by atoms with van der Waals surface area (Å²) >= 11 is 0. The number of rotatable bonds is 3. The SMILES string of the molecule is Cc1cc(-c2cc3c(cc2Cc2ccccn2)NC(=O)CC3)cn(C)c1=O. The van der Waals surface area contributed by atoms with Crippen molar-refractivity contribution in [2.24, 2.45) is 7.05 Å². The van der Waals surface area contributed by atoms with Gasteiger partial charge in [0, 0.05) is 49.2 Å². The molecule has 3 aromatic rings. The van der Waals surface area contributed by atoms with Gasteiger partial charge >= 0.3 is 0 Å². The number of fused-ring (bicyclic) bond motifs is 1. The predicted octanol–water partition coefficient (Wildman–Crippen LogP) is 3.23. The van der Waals surface area contributed by atoms with Crippen LogP contribution in [0.1, 0.15) is 28.8 Å². The van der Waals surface area contributed by atoms with E-state index in [-0.39, 0.29) is 11.5 Å². The van der Waals surface area contributed by atoms with Gasteiger partial charge in [0.1, 0.15) is 0 Å². The quantitative estimate of drug-likeness (QED) is 0.781. The Labute approximate surface area is 157 Å². The van der Waals surface area contributed by atoms with Crippen LogP contribution in [0.5, 0.6) is 0 Å². The largest absolute Gasteiger partial charge is 0.326 e. The number of hydrogen-bond acceptors (Lipinski definition) is 3. The summed E-state index contributed by atoms with van der Waals surface area (Å²) in [5, 5.41) is 2.98. The van der Waals surface area contributed by atoms with Gasteiger partial charge in [-0.15, -0.1) is 0 Å². The average molecular weight is 359 g/mol. The summed E-state index contributed by atoms with van der Waals surface area (Å²) in [6.07, 6.45) is 5.54. The highest BCUT2D eigenvalue weighted by Gasteiger charge is 2.19. The minimum atomic E-state index is 0.00949. The lowest BCUT2D eigenvalue weighted by atomic mass is 9.91. The molecule has 0 saturated heterocycles. The predicted molar refractivity (Wildman–Crippen MR) is 106 cm³/mol. The molecule has 0 atom stereocenters. The highest BCUT2D eigenvalue weighted by molar-refractivity contribution is 5.94. The van der Waals surface area contributed by atoms with Crippen LogP contribution in [0.2, 0.25) is 0 Å². The van der Waals surface area contributed by atoms with Crippen molar-refractivity contribution in [2.45, 2.75) is 26.2 Å². The molecule has 5 heteroatoms. The van der Waals surface area contributed by atoms with Gasteiger partial charge in [-0.05, 0) is 65.9 Å². The zero-order valence-electron chi connectivity index (χ0n) is 15.5. The Bertz CT molecular complexity index is 1060. The van der Waals surface area contributed by atoms with Crippen LogP contribution in [0, 0.1) is 6.92 Å². The molecule has 0 bridgehead atoms. The van der Waals surface area contributed by atoms with E-state index in [9.17, 15) is 9.59 Å². The molecule has 3 heterocycles. The lowest BCUT2D eigenvalue weighted by molar-refractivity contribution is -0.116. The van der Waals surface area contributed by atoms with E-state index in [0.717, 1.165) is 40.1 Å². The molecular formula is C22H21N3O2. The number of aromatic nitrogens is 2. The van der Waals surface area contributed by atoms with Crippen molar-refractivity contribution >= 4 is 11.6 Å². The van der Waals surface area contributed by atoms with E-state index in [1.807, 2.05) is 37.4 Å². The fraction of sp³-hybridized carbons (Fsp3) is 0.227. The molecule has 0 radical (unpaired) electrons. The highest BCUT2D eigenvalue weighted by atomic mass is 16.1. The maximum absolute atomic E-state index is 12.1. The Morgan fingerprint density at radius 3 is 2.74 bits per heavy atom. The van der Waals surface area contributed by atoms with Crippen molar-refractivity contribution in [3.05, 3.63) is 81.5 Å². The average Bonchev–Trinajstić information content (AvgIpc) is 2.66. The first-order valence-corrected chi connectivity index (χ1v) is 9.04. The number of benzene rings is 1. The molecule has 0 unspecified atom stereocenters. The lowest BCUT2D eigenvalue weighted by Gasteiger charge is -2.21. The highest BCUT2D eigenvalue weighted by Crippen LogP contribution is 2.33. The van der Waals surface area contributed by atoms with Crippen LogP contribution in [-0.2, 0) is 24.7 Å². The van der Waals surface area contributed by atoms with Crippen LogP contribution >= 0.6 is 0 Å². The van der Waals surface area contributed by atoms with E-state index in [0.29, 0.717) is 18.4 Å². The van der Waals surface area contributed by atoms with Crippen molar-refractivity contribution in [1.82, 2.24) is 9.55 Å². The first-order chi connectivity index (χ1) is 13.0. The maximum atomic E-state index is 12.1.